The van der Waals surface area contributed by atoms with Crippen molar-refractivity contribution in [3.63, 3.8) is 0 Å². The summed E-state index contributed by atoms with van der Waals surface area (Å²) in [5, 5.41) is 0. The molecule has 0 aromatic heterocycles. The average molecular weight is 263 g/mol. The summed E-state index contributed by atoms with van der Waals surface area (Å²) in [6.07, 6.45) is 6.34. The summed E-state index contributed by atoms with van der Waals surface area (Å²) >= 11 is 0. The van der Waals surface area contributed by atoms with Crippen molar-refractivity contribution in [3.05, 3.63) is 23.3 Å². The van der Waals surface area contributed by atoms with E-state index in [1.54, 1.807) is 0 Å². The highest BCUT2D eigenvalue weighted by Crippen LogP contribution is 2.31. The Morgan fingerprint density at radius 2 is 1.79 bits per heavy atom. The summed E-state index contributed by atoms with van der Waals surface area (Å²) in [4.78, 5) is 0. The Morgan fingerprint density at radius 1 is 1.11 bits per heavy atom. The highest BCUT2D eigenvalue weighted by atomic mass is 16.5. The molecule has 0 spiro atoms. The summed E-state index contributed by atoms with van der Waals surface area (Å²) in [6.45, 7) is 9.44. The van der Waals surface area contributed by atoms with Gasteiger partial charge in [-0.25, -0.2) is 0 Å². The van der Waals surface area contributed by atoms with E-state index in [2.05, 4.69) is 32.9 Å². The maximum atomic E-state index is 5.98. The first kappa shape index (κ1) is 15.9. The topological polar surface area (TPSA) is 35.2 Å². The number of nitrogens with two attached hydrogens (primary N) is 1. The molecule has 0 radical (unpaired) electrons. The van der Waals surface area contributed by atoms with Gasteiger partial charge in [0.25, 0.3) is 0 Å². The number of unbranched alkanes of at least 4 members (excludes halogenated alkanes) is 4. The SMILES string of the molecule is CCCCCCCOc1cc(C)c(N)cc1C(C)C. The predicted molar refractivity (Wildman–Crippen MR) is 83.9 cm³/mol. The Balaban J connectivity index is 2.54. The molecule has 0 saturated heterocycles. The van der Waals surface area contributed by atoms with E-state index < -0.39 is 0 Å². The third-order valence-electron chi connectivity index (χ3n) is 3.53. The molecule has 19 heavy (non-hydrogen) atoms. The second kappa shape index (κ2) is 8.08. The molecular formula is C17H29NO. The van der Waals surface area contributed by atoms with Crippen molar-refractivity contribution in [2.45, 2.75) is 65.7 Å². The molecule has 2 heteroatoms. The van der Waals surface area contributed by atoms with Crippen molar-refractivity contribution in [3.8, 4) is 5.75 Å². The maximum Gasteiger partial charge on any atom is 0.123 e. The zero-order chi connectivity index (χ0) is 14.3. The van der Waals surface area contributed by atoms with E-state index in [0.29, 0.717) is 5.92 Å². The zero-order valence-corrected chi connectivity index (χ0v) is 13.0. The van der Waals surface area contributed by atoms with Crippen LogP contribution in [0.25, 0.3) is 0 Å². The Labute approximate surface area is 118 Å². The molecule has 0 aliphatic carbocycles. The van der Waals surface area contributed by atoms with E-state index in [9.17, 15) is 0 Å². The van der Waals surface area contributed by atoms with Gasteiger partial charge in [-0.1, -0.05) is 46.5 Å². The molecule has 0 amide bonds. The highest BCUT2D eigenvalue weighted by Gasteiger charge is 2.10. The molecular weight excluding hydrogens is 234 g/mol. The number of ether oxygens (including phenoxy) is 1. The van der Waals surface area contributed by atoms with Crippen LogP contribution in [-0.2, 0) is 0 Å². The molecule has 1 aromatic rings. The average Bonchev–Trinajstić information content (AvgIpc) is 2.37. The van der Waals surface area contributed by atoms with Crippen molar-refractivity contribution in [2.75, 3.05) is 12.3 Å². The highest BCUT2D eigenvalue weighted by molar-refractivity contribution is 5.55. The molecule has 2 nitrogen and oxygen atoms in total. The molecule has 0 heterocycles. The van der Waals surface area contributed by atoms with Gasteiger partial charge in [0.15, 0.2) is 0 Å². The van der Waals surface area contributed by atoms with Crippen LogP contribution < -0.4 is 10.5 Å². The summed E-state index contributed by atoms with van der Waals surface area (Å²) < 4.78 is 5.96. The van der Waals surface area contributed by atoms with Gasteiger partial charge in [-0.15, -0.1) is 0 Å². The third-order valence-corrected chi connectivity index (χ3v) is 3.53. The number of hydrogen-bond acceptors (Lipinski definition) is 2. The minimum absolute atomic E-state index is 0.443. The van der Waals surface area contributed by atoms with Crippen LogP contribution in [0, 0.1) is 6.92 Å². The normalized spacial score (nSPS) is 11.0. The lowest BCUT2D eigenvalue weighted by Gasteiger charge is -2.16. The molecule has 0 atom stereocenters. The van der Waals surface area contributed by atoms with Crippen LogP contribution in [0.15, 0.2) is 12.1 Å². The molecule has 0 aliphatic rings. The van der Waals surface area contributed by atoms with Crippen LogP contribution in [0.5, 0.6) is 5.75 Å². The van der Waals surface area contributed by atoms with Gasteiger partial charge in [-0.2, -0.15) is 0 Å². The van der Waals surface area contributed by atoms with Crippen molar-refractivity contribution < 1.29 is 4.74 Å². The Kier molecular flexibility index (Phi) is 6.75. The maximum absolute atomic E-state index is 5.98. The van der Waals surface area contributed by atoms with Crippen molar-refractivity contribution in [1.29, 1.82) is 0 Å². The van der Waals surface area contributed by atoms with Crippen LogP contribution in [0.4, 0.5) is 5.69 Å². The summed E-state index contributed by atoms with van der Waals surface area (Å²) in [5.41, 5.74) is 9.16. The van der Waals surface area contributed by atoms with Gasteiger partial charge in [0, 0.05) is 5.69 Å². The molecule has 0 unspecified atom stereocenters. The number of nitrogen functional groups attached to an aromatic ring is 1. The molecule has 0 saturated carbocycles. The van der Waals surface area contributed by atoms with Crippen molar-refractivity contribution in [1.82, 2.24) is 0 Å². The fourth-order valence-electron chi connectivity index (χ4n) is 2.18. The van der Waals surface area contributed by atoms with Gasteiger partial charge in [0.2, 0.25) is 0 Å². The second-order valence-electron chi connectivity index (χ2n) is 5.66. The summed E-state index contributed by atoms with van der Waals surface area (Å²) in [7, 11) is 0. The van der Waals surface area contributed by atoms with Crippen molar-refractivity contribution in [2.24, 2.45) is 0 Å². The van der Waals surface area contributed by atoms with Gasteiger partial charge < -0.3 is 10.5 Å². The number of hydrogen-bond donors (Lipinski definition) is 1. The molecule has 0 bridgehead atoms. The largest absolute Gasteiger partial charge is 0.493 e. The predicted octanol–water partition coefficient (Wildman–Crippen LogP) is 5.05. The fourth-order valence-corrected chi connectivity index (χ4v) is 2.18. The molecule has 0 aliphatic heterocycles. The fraction of sp³-hybridized carbons (Fsp3) is 0.647. The van der Waals surface area contributed by atoms with Gasteiger partial charge in [-0.3, -0.25) is 0 Å². The van der Waals surface area contributed by atoms with Gasteiger partial charge >= 0.3 is 0 Å². The lowest BCUT2D eigenvalue weighted by atomic mass is 9.99. The molecule has 0 fully saturated rings. The van der Waals surface area contributed by atoms with E-state index in [-0.39, 0.29) is 0 Å². The van der Waals surface area contributed by atoms with Gasteiger partial charge in [-0.05, 0) is 42.5 Å². The first-order valence-corrected chi connectivity index (χ1v) is 7.59. The quantitative estimate of drug-likeness (QED) is 0.526. The molecule has 2 N–H and O–H groups in total. The van der Waals surface area contributed by atoms with Gasteiger partial charge in [0.1, 0.15) is 5.75 Å². The van der Waals surface area contributed by atoms with E-state index in [0.717, 1.165) is 30.0 Å². The minimum Gasteiger partial charge on any atom is -0.493 e. The van der Waals surface area contributed by atoms with E-state index >= 15 is 0 Å². The smallest absolute Gasteiger partial charge is 0.123 e. The summed E-state index contributed by atoms with van der Waals surface area (Å²) in [5.74, 6) is 1.45. The van der Waals surface area contributed by atoms with E-state index in [4.69, 9.17) is 10.5 Å². The van der Waals surface area contributed by atoms with Crippen molar-refractivity contribution >= 4 is 5.69 Å². The standard InChI is InChI=1S/C17H29NO/c1-5-6-7-8-9-10-19-17-11-14(4)16(18)12-15(17)13(2)3/h11-13H,5-10,18H2,1-4H3. The van der Waals surface area contributed by atoms with Crippen LogP contribution in [0.2, 0.25) is 0 Å². The lowest BCUT2D eigenvalue weighted by molar-refractivity contribution is 0.300. The van der Waals surface area contributed by atoms with Crippen LogP contribution in [-0.4, -0.2) is 6.61 Å². The first-order chi connectivity index (χ1) is 9.06. The number of benzene rings is 1. The van der Waals surface area contributed by atoms with E-state index in [1.807, 2.05) is 6.92 Å². The van der Waals surface area contributed by atoms with Crippen LogP contribution in [0.1, 0.15) is 69.9 Å². The van der Waals surface area contributed by atoms with Gasteiger partial charge in [0.05, 0.1) is 6.61 Å². The Hall–Kier alpha value is -1.18. The monoisotopic (exact) mass is 263 g/mol. The van der Waals surface area contributed by atoms with Crippen LogP contribution in [0.3, 0.4) is 0 Å². The number of anilines is 1. The molecule has 108 valence electrons. The summed E-state index contributed by atoms with van der Waals surface area (Å²) in [6, 6.07) is 4.14. The molecule has 1 rings (SSSR count). The number of rotatable bonds is 8. The Bertz CT molecular complexity index is 385. The van der Waals surface area contributed by atoms with E-state index in [1.165, 1.54) is 31.2 Å². The molecule has 1 aromatic carbocycles. The second-order valence-corrected chi connectivity index (χ2v) is 5.66. The first-order valence-electron chi connectivity index (χ1n) is 7.59. The Morgan fingerprint density at radius 3 is 2.42 bits per heavy atom. The third kappa shape index (κ3) is 5.14. The lowest BCUT2D eigenvalue weighted by Crippen LogP contribution is -2.03. The number of aryl methyl sites for hydroxylation is 1. The van der Waals surface area contributed by atoms with Crippen LogP contribution >= 0.6 is 0 Å². The minimum atomic E-state index is 0.443. The zero-order valence-electron chi connectivity index (χ0n) is 13.0.